The molecule has 0 saturated carbocycles. The highest BCUT2D eigenvalue weighted by Crippen LogP contribution is 2.08. The third-order valence-electron chi connectivity index (χ3n) is 2.94. The zero-order valence-corrected chi connectivity index (χ0v) is 12.6. The standard InChI is InChI=1S/C16H18N4O2/c1-11-9-12(2)19-14(10-11)20-16(22)15(21)18-8-6-13-5-3-4-7-17-13/h3-5,7,9-10H,6,8H2,1-2H3,(H,18,21)(H,19,20,22). The maximum Gasteiger partial charge on any atom is 0.314 e. The largest absolute Gasteiger partial charge is 0.347 e. The predicted molar refractivity (Wildman–Crippen MR) is 83.3 cm³/mol. The molecule has 2 aromatic rings. The molecule has 0 spiro atoms. The third-order valence-corrected chi connectivity index (χ3v) is 2.94. The number of amides is 2. The molecule has 2 aromatic heterocycles. The van der Waals surface area contributed by atoms with Gasteiger partial charge in [-0.15, -0.1) is 0 Å². The summed E-state index contributed by atoms with van der Waals surface area (Å²) < 4.78 is 0. The summed E-state index contributed by atoms with van der Waals surface area (Å²) in [4.78, 5) is 31.8. The van der Waals surface area contributed by atoms with Gasteiger partial charge in [-0.3, -0.25) is 14.6 Å². The lowest BCUT2D eigenvalue weighted by molar-refractivity contribution is -0.136. The second-order valence-electron chi connectivity index (χ2n) is 4.95. The maximum atomic E-state index is 11.8. The summed E-state index contributed by atoms with van der Waals surface area (Å²) in [5.41, 5.74) is 2.61. The molecule has 0 bridgehead atoms. The number of anilines is 1. The molecular weight excluding hydrogens is 280 g/mol. The second kappa shape index (κ2) is 7.31. The van der Waals surface area contributed by atoms with E-state index in [0.29, 0.717) is 18.8 Å². The quantitative estimate of drug-likeness (QED) is 0.836. The van der Waals surface area contributed by atoms with Gasteiger partial charge in [-0.2, -0.15) is 0 Å². The van der Waals surface area contributed by atoms with Crippen molar-refractivity contribution in [1.29, 1.82) is 0 Å². The lowest BCUT2D eigenvalue weighted by atomic mass is 10.2. The van der Waals surface area contributed by atoms with Crippen molar-refractivity contribution >= 4 is 17.6 Å². The molecule has 2 N–H and O–H groups in total. The van der Waals surface area contributed by atoms with Gasteiger partial charge in [-0.05, 0) is 43.7 Å². The third kappa shape index (κ3) is 4.66. The first-order chi connectivity index (χ1) is 10.5. The number of carbonyl (C=O) groups excluding carboxylic acids is 2. The van der Waals surface area contributed by atoms with Gasteiger partial charge in [-0.25, -0.2) is 4.98 Å². The number of rotatable bonds is 4. The van der Waals surface area contributed by atoms with Crippen LogP contribution in [0.1, 0.15) is 17.0 Å². The van der Waals surface area contributed by atoms with E-state index >= 15 is 0 Å². The fourth-order valence-corrected chi connectivity index (χ4v) is 2.01. The molecule has 0 radical (unpaired) electrons. The van der Waals surface area contributed by atoms with E-state index in [2.05, 4.69) is 20.6 Å². The number of nitrogens with one attached hydrogen (secondary N) is 2. The molecule has 22 heavy (non-hydrogen) atoms. The zero-order chi connectivity index (χ0) is 15.9. The highest BCUT2D eigenvalue weighted by Gasteiger charge is 2.14. The van der Waals surface area contributed by atoms with Gasteiger partial charge in [0.15, 0.2) is 0 Å². The fraction of sp³-hybridized carbons (Fsp3) is 0.250. The van der Waals surface area contributed by atoms with E-state index in [4.69, 9.17) is 0 Å². The summed E-state index contributed by atoms with van der Waals surface area (Å²) in [6.07, 6.45) is 2.26. The molecule has 6 nitrogen and oxygen atoms in total. The minimum Gasteiger partial charge on any atom is -0.347 e. The Hall–Kier alpha value is -2.76. The smallest absolute Gasteiger partial charge is 0.314 e. The molecule has 0 aromatic carbocycles. The Morgan fingerprint density at radius 2 is 1.95 bits per heavy atom. The Balaban J connectivity index is 1.83. The highest BCUT2D eigenvalue weighted by molar-refractivity contribution is 6.39. The van der Waals surface area contributed by atoms with Crippen LogP contribution in [0.3, 0.4) is 0 Å². The molecule has 2 rings (SSSR count). The van der Waals surface area contributed by atoms with E-state index in [-0.39, 0.29) is 0 Å². The number of nitrogens with zero attached hydrogens (tertiary/aromatic N) is 2. The van der Waals surface area contributed by atoms with Crippen LogP contribution in [0, 0.1) is 13.8 Å². The van der Waals surface area contributed by atoms with E-state index in [1.165, 1.54) is 0 Å². The van der Waals surface area contributed by atoms with Crippen molar-refractivity contribution in [2.45, 2.75) is 20.3 Å². The van der Waals surface area contributed by atoms with Crippen molar-refractivity contribution in [2.24, 2.45) is 0 Å². The molecule has 0 fully saturated rings. The fourth-order valence-electron chi connectivity index (χ4n) is 2.01. The van der Waals surface area contributed by atoms with Crippen molar-refractivity contribution in [3.63, 3.8) is 0 Å². The van der Waals surface area contributed by atoms with Crippen LogP contribution in [0.15, 0.2) is 36.5 Å². The van der Waals surface area contributed by atoms with Crippen LogP contribution in [0.5, 0.6) is 0 Å². The van der Waals surface area contributed by atoms with Gasteiger partial charge >= 0.3 is 11.8 Å². The summed E-state index contributed by atoms with van der Waals surface area (Å²) in [6, 6.07) is 9.18. The second-order valence-corrected chi connectivity index (χ2v) is 4.95. The van der Waals surface area contributed by atoms with Crippen molar-refractivity contribution in [3.05, 3.63) is 53.5 Å². The monoisotopic (exact) mass is 298 g/mol. The van der Waals surface area contributed by atoms with Crippen LogP contribution in [0.2, 0.25) is 0 Å². The van der Waals surface area contributed by atoms with Crippen molar-refractivity contribution in [3.8, 4) is 0 Å². The number of hydrogen-bond donors (Lipinski definition) is 2. The number of hydrogen-bond acceptors (Lipinski definition) is 4. The summed E-state index contributed by atoms with van der Waals surface area (Å²) in [6.45, 7) is 4.08. The Bertz CT molecular complexity index is 651. The average molecular weight is 298 g/mol. The zero-order valence-electron chi connectivity index (χ0n) is 12.6. The summed E-state index contributed by atoms with van der Waals surface area (Å²) in [7, 11) is 0. The molecule has 0 saturated heterocycles. The van der Waals surface area contributed by atoms with Crippen molar-refractivity contribution in [2.75, 3.05) is 11.9 Å². The molecule has 2 heterocycles. The number of carbonyl (C=O) groups is 2. The summed E-state index contributed by atoms with van der Waals surface area (Å²) >= 11 is 0. The highest BCUT2D eigenvalue weighted by atomic mass is 16.2. The van der Waals surface area contributed by atoms with Gasteiger partial charge in [0.05, 0.1) is 0 Å². The normalized spacial score (nSPS) is 10.1. The Morgan fingerprint density at radius 3 is 2.64 bits per heavy atom. The van der Waals surface area contributed by atoms with Crippen LogP contribution in [-0.4, -0.2) is 28.3 Å². The minimum atomic E-state index is -0.724. The van der Waals surface area contributed by atoms with E-state index in [0.717, 1.165) is 17.0 Å². The number of aromatic nitrogens is 2. The first kappa shape index (κ1) is 15.6. The van der Waals surface area contributed by atoms with Gasteiger partial charge in [0.25, 0.3) is 0 Å². The van der Waals surface area contributed by atoms with Crippen molar-refractivity contribution in [1.82, 2.24) is 15.3 Å². The number of pyridine rings is 2. The minimum absolute atomic E-state index is 0.351. The van der Waals surface area contributed by atoms with E-state index in [1.807, 2.05) is 38.1 Å². The van der Waals surface area contributed by atoms with Gasteiger partial charge in [0.2, 0.25) is 0 Å². The summed E-state index contributed by atoms with van der Waals surface area (Å²) in [5, 5.41) is 5.06. The number of aryl methyl sites for hydroxylation is 2. The van der Waals surface area contributed by atoms with Gasteiger partial charge in [-0.1, -0.05) is 6.07 Å². The first-order valence-corrected chi connectivity index (χ1v) is 6.99. The Labute approximate surface area is 129 Å². The van der Waals surface area contributed by atoms with E-state index < -0.39 is 11.8 Å². The molecular formula is C16H18N4O2. The molecule has 2 amide bonds. The van der Waals surface area contributed by atoms with Gasteiger partial charge in [0.1, 0.15) is 5.82 Å². The Morgan fingerprint density at radius 1 is 1.14 bits per heavy atom. The SMILES string of the molecule is Cc1cc(C)nc(NC(=O)C(=O)NCCc2ccccn2)c1. The Kier molecular flexibility index (Phi) is 5.19. The molecule has 0 atom stereocenters. The maximum absolute atomic E-state index is 11.8. The van der Waals surface area contributed by atoms with Crippen LogP contribution in [0.25, 0.3) is 0 Å². The van der Waals surface area contributed by atoms with E-state index in [9.17, 15) is 9.59 Å². The van der Waals surface area contributed by atoms with Crippen LogP contribution in [0.4, 0.5) is 5.82 Å². The topological polar surface area (TPSA) is 84.0 Å². The molecule has 0 unspecified atom stereocenters. The van der Waals surface area contributed by atoms with Crippen molar-refractivity contribution < 1.29 is 9.59 Å². The van der Waals surface area contributed by atoms with Crippen LogP contribution >= 0.6 is 0 Å². The van der Waals surface area contributed by atoms with Crippen LogP contribution in [-0.2, 0) is 16.0 Å². The molecule has 114 valence electrons. The van der Waals surface area contributed by atoms with E-state index in [1.54, 1.807) is 12.3 Å². The summed E-state index contributed by atoms with van der Waals surface area (Å²) in [5.74, 6) is -1.03. The van der Waals surface area contributed by atoms with Crippen LogP contribution < -0.4 is 10.6 Å². The van der Waals surface area contributed by atoms with Gasteiger partial charge in [0, 0.05) is 30.6 Å². The molecule has 0 aliphatic rings. The molecule has 0 aliphatic heterocycles. The lowest BCUT2D eigenvalue weighted by Crippen LogP contribution is -2.36. The van der Waals surface area contributed by atoms with Gasteiger partial charge < -0.3 is 10.6 Å². The molecule has 0 aliphatic carbocycles. The predicted octanol–water partition coefficient (Wildman–Crippen LogP) is 1.39. The average Bonchev–Trinajstić information content (AvgIpc) is 2.47. The molecule has 6 heteroatoms. The lowest BCUT2D eigenvalue weighted by Gasteiger charge is -2.07. The first-order valence-electron chi connectivity index (χ1n) is 6.99.